The lowest BCUT2D eigenvalue weighted by atomic mass is 9.44. The van der Waals surface area contributed by atoms with Gasteiger partial charge in [-0.25, -0.2) is 19.2 Å². The third-order valence-electron chi connectivity index (χ3n) is 14.0. The van der Waals surface area contributed by atoms with Gasteiger partial charge in [0.05, 0.1) is 34.5 Å². The molecular formula is C50H56N2O18. The molecule has 4 aliphatic rings. The van der Waals surface area contributed by atoms with Crippen LogP contribution in [0.4, 0.5) is 15.3 Å². The molecule has 2 unspecified atom stereocenters. The van der Waals surface area contributed by atoms with E-state index in [9.17, 15) is 44.6 Å². The molecule has 1 amide bonds. The average molecular weight is 973 g/mol. The maximum atomic E-state index is 15.2. The number of aliphatic hydroxyl groups excluding tert-OH is 2. The van der Waals surface area contributed by atoms with Crippen molar-refractivity contribution in [1.29, 1.82) is 0 Å². The van der Waals surface area contributed by atoms with Gasteiger partial charge in [-0.15, -0.1) is 0 Å². The van der Waals surface area contributed by atoms with E-state index in [0.29, 0.717) is 0 Å². The molecule has 3 aromatic carbocycles. The van der Waals surface area contributed by atoms with Crippen LogP contribution in [-0.2, 0) is 42.8 Å². The number of carbonyl (C=O) groups excluding carboxylic acids is 6. The zero-order valence-electron chi connectivity index (χ0n) is 39.7. The minimum Gasteiger partial charge on any atom is -0.455 e. The zero-order valence-corrected chi connectivity index (χ0v) is 39.7. The molecule has 0 radical (unpaired) electrons. The van der Waals surface area contributed by atoms with E-state index in [2.05, 4.69) is 5.32 Å². The molecule has 1 aliphatic heterocycles. The van der Waals surface area contributed by atoms with Crippen molar-refractivity contribution in [3.05, 3.63) is 117 Å². The highest BCUT2D eigenvalue weighted by Crippen LogP contribution is 2.64. The van der Waals surface area contributed by atoms with E-state index >= 15 is 9.59 Å². The average Bonchev–Trinajstić information content (AvgIpc) is 3.28. The van der Waals surface area contributed by atoms with Gasteiger partial charge in [-0.2, -0.15) is 0 Å². The van der Waals surface area contributed by atoms with E-state index in [1.807, 2.05) is 0 Å². The summed E-state index contributed by atoms with van der Waals surface area (Å²) in [5.41, 5.74) is -9.44. The fraction of sp³-hybridized carbons (Fsp3) is 0.480. The van der Waals surface area contributed by atoms with Crippen LogP contribution in [0.15, 0.2) is 96.1 Å². The van der Waals surface area contributed by atoms with E-state index in [-0.39, 0.29) is 46.7 Å². The van der Waals surface area contributed by atoms with E-state index in [4.69, 9.17) is 33.2 Å². The number of alkyl carbamates (subject to hydrolysis) is 1. The first-order chi connectivity index (χ1) is 32.7. The fourth-order valence-electron chi connectivity index (χ4n) is 10.5. The highest BCUT2D eigenvalue weighted by molar-refractivity contribution is 5.94. The Balaban J connectivity index is 1.37. The van der Waals surface area contributed by atoms with Gasteiger partial charge in [0.1, 0.15) is 47.4 Å². The topological polar surface area (TPSA) is 283 Å². The van der Waals surface area contributed by atoms with Crippen LogP contribution in [0, 0.1) is 26.9 Å². The molecule has 11 atom stereocenters. The molecule has 3 aliphatic carbocycles. The van der Waals surface area contributed by atoms with Gasteiger partial charge in [-0.3, -0.25) is 19.7 Å². The number of rotatable bonds is 11. The van der Waals surface area contributed by atoms with Crippen molar-refractivity contribution in [2.45, 2.75) is 128 Å². The fourth-order valence-corrected chi connectivity index (χ4v) is 10.5. The van der Waals surface area contributed by atoms with Crippen LogP contribution in [0.3, 0.4) is 0 Å². The van der Waals surface area contributed by atoms with Crippen LogP contribution in [0.2, 0.25) is 0 Å². The zero-order chi connectivity index (χ0) is 51.3. The number of nitro groups is 1. The van der Waals surface area contributed by atoms with Crippen LogP contribution in [0.1, 0.15) is 90.2 Å². The van der Waals surface area contributed by atoms with Crippen molar-refractivity contribution in [1.82, 2.24) is 5.32 Å². The van der Waals surface area contributed by atoms with Crippen molar-refractivity contribution in [3.63, 3.8) is 0 Å². The number of nitrogens with zero attached hydrogens (tertiary/aromatic N) is 1. The van der Waals surface area contributed by atoms with Gasteiger partial charge in [0, 0.05) is 37.3 Å². The van der Waals surface area contributed by atoms with E-state index < -0.39 is 124 Å². The first-order valence-electron chi connectivity index (χ1n) is 22.5. The maximum absolute atomic E-state index is 15.2. The number of fused-ring (bicyclic) bond motifs is 5. The summed E-state index contributed by atoms with van der Waals surface area (Å²) in [7, 11) is 0. The van der Waals surface area contributed by atoms with Gasteiger partial charge in [0.15, 0.2) is 11.4 Å². The lowest BCUT2D eigenvalue weighted by molar-refractivity contribution is -0.384. The Kier molecular flexibility index (Phi) is 13.8. The largest absolute Gasteiger partial charge is 0.514 e. The molecule has 20 nitrogen and oxygen atoms in total. The van der Waals surface area contributed by atoms with Crippen LogP contribution < -0.4 is 10.1 Å². The van der Waals surface area contributed by atoms with Gasteiger partial charge in [-0.05, 0) is 75.6 Å². The highest BCUT2D eigenvalue weighted by Gasteiger charge is 2.78. The second-order valence-electron chi connectivity index (χ2n) is 19.8. The van der Waals surface area contributed by atoms with E-state index in [1.165, 1.54) is 52.0 Å². The summed E-state index contributed by atoms with van der Waals surface area (Å²) < 4.78 is 41.0. The van der Waals surface area contributed by atoms with Gasteiger partial charge in [-0.1, -0.05) is 62.4 Å². The van der Waals surface area contributed by atoms with Crippen LogP contribution in [-0.4, -0.2) is 116 Å². The minimum absolute atomic E-state index is 0.0223. The summed E-state index contributed by atoms with van der Waals surface area (Å²) in [6.45, 7) is 11.3. The number of ketones is 1. The van der Waals surface area contributed by atoms with Crippen molar-refractivity contribution < 1.29 is 82.2 Å². The van der Waals surface area contributed by atoms with E-state index in [1.54, 1.807) is 57.2 Å². The number of amides is 1. The predicted molar refractivity (Wildman–Crippen MR) is 242 cm³/mol. The molecule has 2 saturated carbocycles. The van der Waals surface area contributed by atoms with Crippen molar-refractivity contribution in [2.75, 3.05) is 6.61 Å². The predicted octanol–water partition coefficient (Wildman–Crippen LogP) is 5.39. The number of aliphatic hydroxyl groups is 3. The quantitative estimate of drug-likeness (QED) is 0.0468. The van der Waals surface area contributed by atoms with Crippen molar-refractivity contribution in [3.8, 4) is 5.75 Å². The molecule has 4 N–H and O–H groups in total. The van der Waals surface area contributed by atoms with Gasteiger partial charge >= 0.3 is 30.2 Å². The molecule has 1 saturated heterocycles. The number of hydrogen-bond donors (Lipinski definition) is 4. The monoisotopic (exact) mass is 972 g/mol. The Morgan fingerprint density at radius 2 is 1.53 bits per heavy atom. The number of hydrogen-bond acceptors (Lipinski definition) is 18. The third-order valence-corrected chi connectivity index (χ3v) is 14.0. The molecular weight excluding hydrogens is 917 g/mol. The first kappa shape index (κ1) is 51.1. The molecule has 1 heterocycles. The van der Waals surface area contributed by atoms with E-state index in [0.717, 1.165) is 31.2 Å². The number of benzene rings is 3. The molecule has 0 spiro atoms. The molecule has 3 aromatic rings. The number of Topliss-reactive ketones (excluding diaryl/α,β-unsaturated/α-hetero) is 1. The Hall–Kier alpha value is -6.74. The number of carbonyl (C=O) groups is 6. The van der Waals surface area contributed by atoms with Crippen LogP contribution >= 0.6 is 0 Å². The van der Waals surface area contributed by atoms with Gasteiger partial charge in [0.25, 0.3) is 5.69 Å². The van der Waals surface area contributed by atoms with Gasteiger partial charge in [0.2, 0.25) is 6.10 Å². The second kappa shape index (κ2) is 18.9. The van der Waals surface area contributed by atoms with Gasteiger partial charge < -0.3 is 53.8 Å². The number of ether oxygens (including phenoxy) is 7. The lowest BCUT2D eigenvalue weighted by Gasteiger charge is -2.67. The molecule has 374 valence electrons. The summed E-state index contributed by atoms with van der Waals surface area (Å²) >= 11 is 0. The summed E-state index contributed by atoms with van der Waals surface area (Å²) in [6, 6.07) is 18.2. The molecule has 3 fully saturated rings. The Morgan fingerprint density at radius 3 is 2.09 bits per heavy atom. The summed E-state index contributed by atoms with van der Waals surface area (Å²) in [6.07, 6.45) is -14.0. The lowest BCUT2D eigenvalue weighted by Crippen LogP contribution is -2.81. The number of non-ortho nitro benzene ring substituents is 1. The number of nitro benzene ring substituents is 1. The Morgan fingerprint density at radius 1 is 0.914 bits per heavy atom. The minimum atomic E-state index is -2.49. The first-order valence-corrected chi connectivity index (χ1v) is 22.5. The molecule has 0 aromatic heterocycles. The summed E-state index contributed by atoms with van der Waals surface area (Å²) in [4.78, 5) is 95.3. The summed E-state index contributed by atoms with van der Waals surface area (Å²) in [5, 5.41) is 52.0. The highest BCUT2D eigenvalue weighted by atomic mass is 16.7. The van der Waals surface area contributed by atoms with Crippen molar-refractivity contribution >= 4 is 41.6 Å². The second-order valence-corrected chi connectivity index (χ2v) is 19.8. The van der Waals surface area contributed by atoms with Crippen molar-refractivity contribution in [2.24, 2.45) is 16.7 Å². The molecule has 70 heavy (non-hydrogen) atoms. The SMILES string of the molecule is CC(=O)O[C@@]12CO[C@@H]1C[C@H](O)[C@@]1(C)C(=O)[C@H](O)C3=C(C)[C@@H](OC(=O)[C@H](OC(=O)Oc4ccc([N+](=O)[O-])cc4)[C@@H](NC(=O)OC(C)(C)C)c4ccccc4)C[C@@](O)(C(OC(=O)c4ccccc4)C12)C3(C)C. The summed E-state index contributed by atoms with van der Waals surface area (Å²) in [5.74, 6) is -6.00. The molecule has 7 rings (SSSR count). The molecule has 20 heteroatoms. The normalized spacial score (nSPS) is 29.7. The number of nitrogens with one attached hydrogen (secondary N) is 1. The Labute approximate surface area is 402 Å². The Bertz CT molecular complexity index is 2580. The van der Waals surface area contributed by atoms with Crippen LogP contribution in [0.25, 0.3) is 0 Å². The third kappa shape index (κ3) is 9.23. The molecule has 2 bridgehead atoms. The standard InChI is InChI=1S/C50H56N2O18/c1-26-32(66-43(58)38(67-45(60)65-31-21-19-30(20-22-31)52(62)63)36(28-15-11-9-12-16-28)51-44(59)70-46(3,4)5)24-50(61)41(68-42(57)29-17-13-10-14-18-29)39-48(8,40(56)37(55)35(26)47(50,6)7)33(54)23-34-49(39,25-64-34)69-27(2)53/h9-22,32-34,36-39,41,54-55,61H,23-25H2,1-8H3,(H,51,59)/t32-,33-,34+,36-,37+,38+,39?,41?,48+,49-,50+/m0/s1. The van der Waals surface area contributed by atoms with Crippen LogP contribution in [0.5, 0.6) is 5.75 Å². The smallest absolute Gasteiger partial charge is 0.455 e. The number of esters is 3. The maximum Gasteiger partial charge on any atom is 0.514 e.